The highest BCUT2D eigenvalue weighted by Gasteiger charge is 2.53. The number of hydrogen-bond donors (Lipinski definition) is 5. The Morgan fingerprint density at radius 2 is 1.70 bits per heavy atom. The largest absolute Gasteiger partial charge is 0.394 e. The van der Waals surface area contributed by atoms with Crippen LogP contribution in [0.15, 0.2) is 36.4 Å². The molecule has 3 rings (SSSR count). The van der Waals surface area contributed by atoms with Crippen molar-refractivity contribution in [2.75, 3.05) is 6.61 Å². The molecular weight excluding hydrogens is 386 g/mol. The summed E-state index contributed by atoms with van der Waals surface area (Å²) in [4.78, 5) is 0. The Morgan fingerprint density at radius 1 is 1.07 bits per heavy atom. The molecule has 1 heterocycles. The Labute approximate surface area is 175 Å². The average molecular weight is 413 g/mol. The van der Waals surface area contributed by atoms with Gasteiger partial charge >= 0.3 is 0 Å². The van der Waals surface area contributed by atoms with Gasteiger partial charge in [-0.05, 0) is 54.2 Å². The van der Waals surface area contributed by atoms with Gasteiger partial charge in [-0.1, -0.05) is 31.2 Å². The van der Waals surface area contributed by atoms with Gasteiger partial charge < -0.3 is 30.3 Å². The molecule has 30 heavy (non-hydrogen) atoms. The standard InChI is InChI=1S/C23H27NO6/c1-3-14-4-6-15(7-5-14)8-16-9-18(10-17(11-24)13(16)2)23(29)22(28)21(27)20(26)19(12-25)30-23/h4-7,9-10,19-22,25-29H,3,8,12H2,1-2H3/t19-,20-,21+,22-,23-/m1/s1. The molecule has 1 saturated heterocycles. The Balaban J connectivity index is 2.04. The topological polar surface area (TPSA) is 134 Å². The Hall–Kier alpha value is -2.31. The molecule has 0 bridgehead atoms. The van der Waals surface area contributed by atoms with E-state index in [4.69, 9.17) is 4.74 Å². The van der Waals surface area contributed by atoms with Crippen LogP contribution in [0.25, 0.3) is 0 Å². The van der Waals surface area contributed by atoms with Crippen LogP contribution in [0.3, 0.4) is 0 Å². The molecule has 0 unspecified atom stereocenters. The Bertz CT molecular complexity index is 936. The molecule has 1 aliphatic rings. The quantitative estimate of drug-likeness (QED) is 0.486. The van der Waals surface area contributed by atoms with E-state index in [1.807, 2.05) is 24.3 Å². The fourth-order valence-corrected chi connectivity index (χ4v) is 3.79. The number of aryl methyl sites for hydroxylation is 1. The van der Waals surface area contributed by atoms with Crippen molar-refractivity contribution in [2.24, 2.45) is 0 Å². The first-order chi connectivity index (χ1) is 14.2. The van der Waals surface area contributed by atoms with Crippen molar-refractivity contribution in [3.05, 3.63) is 69.8 Å². The second-order valence-corrected chi connectivity index (χ2v) is 7.73. The number of benzene rings is 2. The Morgan fingerprint density at radius 3 is 2.27 bits per heavy atom. The van der Waals surface area contributed by atoms with Gasteiger partial charge in [0.15, 0.2) is 0 Å². The summed E-state index contributed by atoms with van der Waals surface area (Å²) >= 11 is 0. The van der Waals surface area contributed by atoms with Crippen LogP contribution in [0.4, 0.5) is 0 Å². The summed E-state index contributed by atoms with van der Waals surface area (Å²) in [6.45, 7) is 3.21. The van der Waals surface area contributed by atoms with Gasteiger partial charge in [0, 0.05) is 5.56 Å². The number of aliphatic hydroxyl groups excluding tert-OH is 4. The highest BCUT2D eigenvalue weighted by molar-refractivity contribution is 5.48. The van der Waals surface area contributed by atoms with Crippen LogP contribution < -0.4 is 0 Å². The highest BCUT2D eigenvalue weighted by Crippen LogP contribution is 2.38. The maximum atomic E-state index is 11.1. The van der Waals surface area contributed by atoms with Crippen LogP contribution in [0.1, 0.15) is 40.3 Å². The van der Waals surface area contributed by atoms with E-state index in [0.717, 1.165) is 23.1 Å². The molecule has 2 aromatic carbocycles. The predicted octanol–water partition coefficient (Wildman–Crippen LogP) is 0.639. The van der Waals surface area contributed by atoms with E-state index >= 15 is 0 Å². The summed E-state index contributed by atoms with van der Waals surface area (Å²) in [5.74, 6) is -2.40. The van der Waals surface area contributed by atoms with Gasteiger partial charge in [-0.2, -0.15) is 5.26 Å². The molecule has 1 aliphatic heterocycles. The normalized spacial score (nSPS) is 28.9. The van der Waals surface area contributed by atoms with E-state index in [9.17, 15) is 30.8 Å². The van der Waals surface area contributed by atoms with Crippen LogP contribution in [-0.4, -0.2) is 56.6 Å². The fraction of sp³-hybridized carbons (Fsp3) is 0.435. The molecule has 7 heteroatoms. The third kappa shape index (κ3) is 3.98. The maximum Gasteiger partial charge on any atom is 0.222 e. The summed E-state index contributed by atoms with van der Waals surface area (Å²) in [7, 11) is 0. The van der Waals surface area contributed by atoms with Gasteiger partial charge in [0.25, 0.3) is 0 Å². The minimum atomic E-state index is -2.40. The van der Waals surface area contributed by atoms with E-state index in [1.54, 1.807) is 13.0 Å². The van der Waals surface area contributed by atoms with Crippen molar-refractivity contribution < 1.29 is 30.3 Å². The van der Waals surface area contributed by atoms with Crippen LogP contribution >= 0.6 is 0 Å². The van der Waals surface area contributed by atoms with Crippen LogP contribution in [-0.2, 0) is 23.4 Å². The molecule has 1 fully saturated rings. The van der Waals surface area contributed by atoms with Crippen molar-refractivity contribution in [1.29, 1.82) is 5.26 Å². The summed E-state index contributed by atoms with van der Waals surface area (Å²) < 4.78 is 5.42. The van der Waals surface area contributed by atoms with Crippen molar-refractivity contribution >= 4 is 0 Å². The van der Waals surface area contributed by atoms with E-state index < -0.39 is 36.8 Å². The lowest BCUT2D eigenvalue weighted by molar-refractivity contribution is -0.357. The lowest BCUT2D eigenvalue weighted by Gasteiger charge is -2.45. The highest BCUT2D eigenvalue weighted by atomic mass is 16.7. The molecular formula is C23H27NO6. The second kappa shape index (κ2) is 8.82. The molecule has 7 nitrogen and oxygen atoms in total. The molecule has 0 saturated carbocycles. The third-order valence-corrected chi connectivity index (χ3v) is 5.84. The lowest BCUT2D eigenvalue weighted by atomic mass is 9.85. The first kappa shape index (κ1) is 22.4. The molecule has 5 atom stereocenters. The second-order valence-electron chi connectivity index (χ2n) is 7.73. The maximum absolute atomic E-state index is 11.1. The minimum absolute atomic E-state index is 0.0710. The number of aliphatic hydroxyl groups is 5. The first-order valence-electron chi connectivity index (χ1n) is 9.92. The van der Waals surface area contributed by atoms with Gasteiger partial charge in [-0.15, -0.1) is 0 Å². The van der Waals surface area contributed by atoms with Crippen molar-refractivity contribution in [2.45, 2.75) is 56.9 Å². The SMILES string of the molecule is CCc1ccc(Cc2cc([C@@]3(O)O[C@H](CO)[C@@H](O)[C@H](O)[C@H]3O)cc(C#N)c2C)cc1. The molecule has 5 N–H and O–H groups in total. The molecule has 0 amide bonds. The number of nitriles is 1. The van der Waals surface area contributed by atoms with Crippen LogP contribution in [0, 0.1) is 18.3 Å². The zero-order valence-corrected chi connectivity index (χ0v) is 17.0. The zero-order chi connectivity index (χ0) is 22.1. The van der Waals surface area contributed by atoms with Crippen molar-refractivity contribution in [3.63, 3.8) is 0 Å². The monoisotopic (exact) mass is 413 g/mol. The third-order valence-electron chi connectivity index (χ3n) is 5.84. The van der Waals surface area contributed by atoms with E-state index in [-0.39, 0.29) is 11.1 Å². The van der Waals surface area contributed by atoms with Gasteiger partial charge in [0.05, 0.1) is 18.2 Å². The van der Waals surface area contributed by atoms with E-state index in [1.165, 1.54) is 11.6 Å². The Kier molecular flexibility index (Phi) is 6.58. The van der Waals surface area contributed by atoms with Crippen molar-refractivity contribution in [1.82, 2.24) is 0 Å². The molecule has 160 valence electrons. The van der Waals surface area contributed by atoms with Gasteiger partial charge in [0.2, 0.25) is 5.79 Å². The molecule has 0 aliphatic carbocycles. The smallest absolute Gasteiger partial charge is 0.222 e. The number of ether oxygens (including phenoxy) is 1. The lowest BCUT2D eigenvalue weighted by Crippen LogP contribution is -2.63. The molecule has 0 spiro atoms. The average Bonchev–Trinajstić information content (AvgIpc) is 2.76. The van der Waals surface area contributed by atoms with Gasteiger partial charge in [-0.25, -0.2) is 0 Å². The van der Waals surface area contributed by atoms with Crippen molar-refractivity contribution in [3.8, 4) is 6.07 Å². The van der Waals surface area contributed by atoms with Gasteiger partial charge in [0.1, 0.15) is 24.4 Å². The molecule has 0 radical (unpaired) electrons. The van der Waals surface area contributed by atoms with Crippen LogP contribution in [0.5, 0.6) is 0 Å². The minimum Gasteiger partial charge on any atom is -0.394 e. The number of hydrogen-bond acceptors (Lipinski definition) is 7. The first-order valence-corrected chi connectivity index (χ1v) is 9.92. The zero-order valence-electron chi connectivity index (χ0n) is 17.0. The summed E-state index contributed by atoms with van der Waals surface area (Å²) in [6, 6.07) is 13.2. The van der Waals surface area contributed by atoms with Gasteiger partial charge in [-0.3, -0.25) is 0 Å². The summed E-state index contributed by atoms with van der Waals surface area (Å²) in [6.07, 6.45) is -5.07. The number of nitrogens with zero attached hydrogens (tertiary/aromatic N) is 1. The summed E-state index contributed by atoms with van der Waals surface area (Å²) in [5.41, 5.74) is 4.06. The predicted molar refractivity (Wildman–Crippen MR) is 108 cm³/mol. The number of rotatable bonds is 5. The molecule has 2 aromatic rings. The van der Waals surface area contributed by atoms with E-state index in [0.29, 0.717) is 6.42 Å². The van der Waals surface area contributed by atoms with E-state index in [2.05, 4.69) is 13.0 Å². The molecule has 0 aromatic heterocycles. The summed E-state index contributed by atoms with van der Waals surface area (Å²) in [5, 5.41) is 60.7. The fourth-order valence-electron chi connectivity index (χ4n) is 3.79. The van der Waals surface area contributed by atoms with Crippen LogP contribution in [0.2, 0.25) is 0 Å².